The number of aryl methyl sites for hydroxylation is 4. The number of benzene rings is 3. The number of pyridine rings is 1. The highest BCUT2D eigenvalue weighted by atomic mass is 15.3. The maximum absolute atomic E-state index is 5.02. The van der Waals surface area contributed by atoms with E-state index in [1.54, 1.807) is 0 Å². The quantitative estimate of drug-likeness (QED) is 0.349. The highest BCUT2D eigenvalue weighted by Crippen LogP contribution is 2.36. The Labute approximate surface area is 158 Å². The van der Waals surface area contributed by atoms with E-state index in [9.17, 15) is 0 Å². The zero-order valence-corrected chi connectivity index (χ0v) is 16.0. The van der Waals surface area contributed by atoms with Gasteiger partial charge in [0.2, 0.25) is 0 Å². The van der Waals surface area contributed by atoms with Gasteiger partial charge in [0, 0.05) is 28.0 Å². The molecule has 0 radical (unpaired) electrons. The number of para-hydroxylation sites is 1. The molecule has 0 aliphatic rings. The summed E-state index contributed by atoms with van der Waals surface area (Å²) in [7, 11) is 0. The lowest BCUT2D eigenvalue weighted by atomic mass is 9.98. The van der Waals surface area contributed by atoms with Crippen LogP contribution in [0.4, 0.5) is 0 Å². The summed E-state index contributed by atoms with van der Waals surface area (Å²) in [5.74, 6) is 0. The number of hydrogen-bond donors (Lipinski definition) is 0. The van der Waals surface area contributed by atoms with Gasteiger partial charge in [0.05, 0.1) is 11.2 Å². The van der Waals surface area contributed by atoms with E-state index in [4.69, 9.17) is 10.1 Å². The molecule has 0 N–H and O–H groups in total. The molecular formula is C24H21N3. The van der Waals surface area contributed by atoms with Gasteiger partial charge in [0.25, 0.3) is 0 Å². The Bertz CT molecular complexity index is 1340. The normalized spacial score (nSPS) is 11.7. The Kier molecular flexibility index (Phi) is 3.35. The van der Waals surface area contributed by atoms with E-state index in [-0.39, 0.29) is 0 Å². The van der Waals surface area contributed by atoms with Crippen LogP contribution in [-0.4, -0.2) is 14.8 Å². The highest BCUT2D eigenvalue weighted by molar-refractivity contribution is 6.23. The number of fused-ring (bicyclic) bond motifs is 6. The lowest BCUT2D eigenvalue weighted by Gasteiger charge is -2.08. The van der Waals surface area contributed by atoms with Crippen molar-refractivity contribution in [3.05, 3.63) is 77.1 Å². The van der Waals surface area contributed by atoms with E-state index >= 15 is 0 Å². The van der Waals surface area contributed by atoms with Gasteiger partial charge in [-0.25, -0.2) is 4.68 Å². The molecule has 0 atom stereocenters. The molecule has 2 heterocycles. The second kappa shape index (κ2) is 5.65. The molecule has 3 nitrogen and oxygen atoms in total. The molecule has 5 aromatic rings. The van der Waals surface area contributed by atoms with Crippen molar-refractivity contribution in [2.24, 2.45) is 0 Å². The third-order valence-corrected chi connectivity index (χ3v) is 5.47. The minimum Gasteiger partial charge on any atom is -0.252 e. The average Bonchev–Trinajstić information content (AvgIpc) is 3.06. The van der Waals surface area contributed by atoms with E-state index < -0.39 is 0 Å². The van der Waals surface area contributed by atoms with Gasteiger partial charge in [0.15, 0.2) is 0 Å². The van der Waals surface area contributed by atoms with E-state index in [2.05, 4.69) is 75.5 Å². The first-order chi connectivity index (χ1) is 13.0. The van der Waals surface area contributed by atoms with Gasteiger partial charge >= 0.3 is 0 Å². The molecule has 3 aromatic carbocycles. The summed E-state index contributed by atoms with van der Waals surface area (Å²) in [6.45, 7) is 8.48. The smallest absolute Gasteiger partial charge is 0.103 e. The van der Waals surface area contributed by atoms with Gasteiger partial charge in [-0.15, -0.1) is 0 Å². The van der Waals surface area contributed by atoms with Crippen molar-refractivity contribution in [3.63, 3.8) is 0 Å². The molecule has 132 valence electrons. The summed E-state index contributed by atoms with van der Waals surface area (Å²) >= 11 is 0. The van der Waals surface area contributed by atoms with E-state index in [0.29, 0.717) is 0 Å². The van der Waals surface area contributed by atoms with Gasteiger partial charge in [-0.05, 0) is 61.9 Å². The maximum Gasteiger partial charge on any atom is 0.103 e. The number of hydrogen-bond acceptors (Lipinski definition) is 2. The van der Waals surface area contributed by atoms with Crippen LogP contribution in [0.5, 0.6) is 0 Å². The summed E-state index contributed by atoms with van der Waals surface area (Å²) in [6.07, 6.45) is 2.17. The van der Waals surface area contributed by atoms with Gasteiger partial charge in [0.1, 0.15) is 5.52 Å². The predicted molar refractivity (Wildman–Crippen MR) is 113 cm³/mol. The van der Waals surface area contributed by atoms with E-state index in [1.165, 1.54) is 32.8 Å². The molecule has 0 spiro atoms. The van der Waals surface area contributed by atoms with E-state index in [0.717, 1.165) is 27.8 Å². The van der Waals surface area contributed by atoms with Crippen molar-refractivity contribution in [3.8, 4) is 5.69 Å². The Balaban J connectivity index is 2.00. The standard InChI is InChI=1S/C24H21N3/c1-14-7-6-10-18-20-13-27(24-15(2)8-5-9-16(24)3)26-22(20)19-12-11-17(4)25-23(19)21(14)18/h5-13H,1-4H3. The van der Waals surface area contributed by atoms with Crippen molar-refractivity contribution in [1.82, 2.24) is 14.8 Å². The molecule has 27 heavy (non-hydrogen) atoms. The second-order valence-corrected chi connectivity index (χ2v) is 7.42. The molecule has 0 fully saturated rings. The number of rotatable bonds is 1. The second-order valence-electron chi connectivity index (χ2n) is 7.42. The Morgan fingerprint density at radius 3 is 2.15 bits per heavy atom. The van der Waals surface area contributed by atoms with Gasteiger partial charge in [-0.1, -0.05) is 36.4 Å². The Hall–Kier alpha value is -3.20. The molecule has 0 aliphatic heterocycles. The summed E-state index contributed by atoms with van der Waals surface area (Å²) in [5.41, 5.74) is 7.93. The van der Waals surface area contributed by atoms with Crippen LogP contribution in [0.1, 0.15) is 22.4 Å². The number of aromatic nitrogens is 3. The first-order valence-corrected chi connectivity index (χ1v) is 9.29. The Morgan fingerprint density at radius 1 is 0.667 bits per heavy atom. The molecule has 5 rings (SSSR count). The summed E-state index contributed by atoms with van der Waals surface area (Å²) in [5, 5.41) is 9.75. The SMILES string of the molecule is Cc1ccc2c3nn(-c4c(C)cccc4C)cc3c3cccc(C)c3c2n1. The fraction of sp³-hybridized carbons (Fsp3) is 0.167. The zero-order valence-electron chi connectivity index (χ0n) is 16.0. The average molecular weight is 351 g/mol. The van der Waals surface area contributed by atoms with Crippen molar-refractivity contribution in [1.29, 1.82) is 0 Å². The fourth-order valence-corrected chi connectivity index (χ4v) is 4.20. The van der Waals surface area contributed by atoms with Crippen LogP contribution in [0, 0.1) is 27.7 Å². The summed E-state index contributed by atoms with van der Waals surface area (Å²) < 4.78 is 2.04. The third kappa shape index (κ3) is 2.28. The third-order valence-electron chi connectivity index (χ3n) is 5.47. The molecule has 0 aliphatic carbocycles. The molecule has 0 amide bonds. The van der Waals surface area contributed by atoms with Crippen LogP contribution in [0.15, 0.2) is 54.7 Å². The zero-order chi connectivity index (χ0) is 18.7. The lowest BCUT2D eigenvalue weighted by molar-refractivity contribution is 0.880. The first kappa shape index (κ1) is 16.0. The van der Waals surface area contributed by atoms with Gasteiger partial charge in [-0.2, -0.15) is 5.10 Å². The van der Waals surface area contributed by atoms with E-state index in [1.807, 2.05) is 11.6 Å². The number of nitrogens with zero attached hydrogens (tertiary/aromatic N) is 3. The van der Waals surface area contributed by atoms with Crippen molar-refractivity contribution in [2.45, 2.75) is 27.7 Å². The van der Waals surface area contributed by atoms with Gasteiger partial charge in [-0.3, -0.25) is 4.98 Å². The topological polar surface area (TPSA) is 30.7 Å². The molecule has 0 unspecified atom stereocenters. The molecule has 3 heteroatoms. The van der Waals surface area contributed by atoms with Crippen molar-refractivity contribution in [2.75, 3.05) is 0 Å². The van der Waals surface area contributed by atoms with Crippen LogP contribution >= 0.6 is 0 Å². The molecule has 0 bridgehead atoms. The van der Waals surface area contributed by atoms with Crippen LogP contribution < -0.4 is 0 Å². The van der Waals surface area contributed by atoms with Crippen LogP contribution in [0.2, 0.25) is 0 Å². The van der Waals surface area contributed by atoms with Crippen LogP contribution in [-0.2, 0) is 0 Å². The lowest BCUT2D eigenvalue weighted by Crippen LogP contribution is -2.00. The monoisotopic (exact) mass is 351 g/mol. The minimum absolute atomic E-state index is 1.01. The van der Waals surface area contributed by atoms with Crippen molar-refractivity contribution >= 4 is 32.6 Å². The summed E-state index contributed by atoms with van der Waals surface area (Å²) in [6, 6.07) is 17.1. The molecular weight excluding hydrogens is 330 g/mol. The molecule has 2 aromatic heterocycles. The molecule has 0 saturated carbocycles. The minimum atomic E-state index is 1.01. The van der Waals surface area contributed by atoms with Crippen LogP contribution in [0.25, 0.3) is 38.3 Å². The molecule has 0 saturated heterocycles. The highest BCUT2D eigenvalue weighted by Gasteiger charge is 2.16. The summed E-state index contributed by atoms with van der Waals surface area (Å²) in [4.78, 5) is 4.88. The largest absolute Gasteiger partial charge is 0.252 e. The predicted octanol–water partition coefficient (Wildman–Crippen LogP) is 5.96. The van der Waals surface area contributed by atoms with Crippen molar-refractivity contribution < 1.29 is 0 Å². The van der Waals surface area contributed by atoms with Crippen LogP contribution in [0.3, 0.4) is 0 Å². The first-order valence-electron chi connectivity index (χ1n) is 9.29. The fourth-order valence-electron chi connectivity index (χ4n) is 4.20. The maximum atomic E-state index is 5.02. The van der Waals surface area contributed by atoms with Gasteiger partial charge < -0.3 is 0 Å². The Morgan fingerprint density at radius 2 is 1.37 bits per heavy atom.